The molecule has 4 N–H and O–H groups in total. The van der Waals surface area contributed by atoms with E-state index in [0.29, 0.717) is 11.2 Å². The SMILES string of the molecule is COc1nc(N)nc2c1ncn2[C@@]1(C)CC(O)=C(CO)O1. The molecule has 0 aromatic carbocycles. The predicted molar refractivity (Wildman–Crippen MR) is 72.4 cm³/mol. The summed E-state index contributed by atoms with van der Waals surface area (Å²) >= 11 is 0. The number of rotatable bonds is 3. The van der Waals surface area contributed by atoms with E-state index in [1.165, 1.54) is 13.4 Å². The number of imidazole rings is 1. The largest absolute Gasteiger partial charge is 0.508 e. The molecule has 9 nitrogen and oxygen atoms in total. The lowest BCUT2D eigenvalue weighted by Gasteiger charge is -2.26. The third kappa shape index (κ3) is 1.93. The Morgan fingerprint density at radius 3 is 2.90 bits per heavy atom. The quantitative estimate of drug-likeness (QED) is 0.735. The number of aromatic nitrogens is 4. The number of anilines is 1. The lowest BCUT2D eigenvalue weighted by Crippen LogP contribution is -2.29. The molecular formula is C12H15N5O4. The maximum absolute atomic E-state index is 9.83. The van der Waals surface area contributed by atoms with Crippen LogP contribution >= 0.6 is 0 Å². The average molecular weight is 293 g/mol. The van der Waals surface area contributed by atoms with Gasteiger partial charge in [-0.25, -0.2) is 4.98 Å². The summed E-state index contributed by atoms with van der Waals surface area (Å²) < 4.78 is 12.4. The van der Waals surface area contributed by atoms with Crippen LogP contribution in [0.25, 0.3) is 11.2 Å². The Kier molecular flexibility index (Phi) is 2.87. The molecule has 0 saturated heterocycles. The van der Waals surface area contributed by atoms with E-state index in [4.69, 9.17) is 15.2 Å². The Bertz CT molecular complexity index is 741. The number of nitrogens with zero attached hydrogens (tertiary/aromatic N) is 4. The number of aliphatic hydroxyl groups is 2. The van der Waals surface area contributed by atoms with Gasteiger partial charge < -0.3 is 25.4 Å². The standard InChI is InChI=1S/C12H15N5O4/c1-12(3-6(19)7(4-18)21-12)17-5-14-8-9(17)15-11(13)16-10(8)20-2/h5,18-19H,3-4H2,1-2H3,(H2,13,15,16)/t12-/m1/s1. The van der Waals surface area contributed by atoms with Crippen molar-refractivity contribution >= 4 is 17.1 Å². The van der Waals surface area contributed by atoms with Crippen molar-refractivity contribution in [3.05, 3.63) is 17.8 Å². The van der Waals surface area contributed by atoms with E-state index in [9.17, 15) is 10.2 Å². The number of ether oxygens (including phenoxy) is 2. The van der Waals surface area contributed by atoms with Gasteiger partial charge in [0.1, 0.15) is 18.7 Å². The predicted octanol–water partition coefficient (Wildman–Crippen LogP) is 0.272. The zero-order valence-corrected chi connectivity index (χ0v) is 11.6. The Labute approximate surface area is 119 Å². The normalized spacial score (nSPS) is 21.9. The van der Waals surface area contributed by atoms with Crippen LogP contribution in [-0.4, -0.2) is 43.4 Å². The molecule has 0 unspecified atom stereocenters. The van der Waals surface area contributed by atoms with Gasteiger partial charge in [0, 0.05) is 0 Å². The van der Waals surface area contributed by atoms with Crippen LogP contribution in [0.1, 0.15) is 13.3 Å². The van der Waals surface area contributed by atoms with Gasteiger partial charge in [-0.15, -0.1) is 0 Å². The molecule has 0 aliphatic carbocycles. The summed E-state index contributed by atoms with van der Waals surface area (Å²) in [5.41, 5.74) is 5.57. The summed E-state index contributed by atoms with van der Waals surface area (Å²) in [6.45, 7) is 1.37. The summed E-state index contributed by atoms with van der Waals surface area (Å²) in [4.78, 5) is 12.3. The lowest BCUT2D eigenvalue weighted by atomic mass is 10.1. The fraction of sp³-hybridized carbons (Fsp3) is 0.417. The first-order valence-corrected chi connectivity index (χ1v) is 6.24. The molecule has 112 valence electrons. The summed E-state index contributed by atoms with van der Waals surface area (Å²) in [7, 11) is 1.46. The van der Waals surface area contributed by atoms with Gasteiger partial charge in [0.15, 0.2) is 22.6 Å². The second kappa shape index (κ2) is 4.48. The lowest BCUT2D eigenvalue weighted by molar-refractivity contribution is -0.0349. The molecule has 2 aromatic heterocycles. The topological polar surface area (TPSA) is 129 Å². The summed E-state index contributed by atoms with van der Waals surface area (Å²) in [5.74, 6) is 0.434. The van der Waals surface area contributed by atoms with Gasteiger partial charge in [0.2, 0.25) is 11.8 Å². The Morgan fingerprint density at radius 2 is 2.29 bits per heavy atom. The highest BCUT2D eigenvalue weighted by molar-refractivity contribution is 5.77. The van der Waals surface area contributed by atoms with E-state index in [1.807, 2.05) is 0 Å². The van der Waals surface area contributed by atoms with E-state index < -0.39 is 5.72 Å². The monoisotopic (exact) mass is 293 g/mol. The fourth-order valence-corrected chi connectivity index (χ4v) is 2.41. The van der Waals surface area contributed by atoms with Crippen molar-refractivity contribution in [2.24, 2.45) is 0 Å². The Balaban J connectivity index is 2.13. The van der Waals surface area contributed by atoms with Crippen molar-refractivity contribution in [1.82, 2.24) is 19.5 Å². The molecule has 2 aromatic rings. The number of nitrogens with two attached hydrogens (primary N) is 1. The minimum absolute atomic E-state index is 0.00385. The van der Waals surface area contributed by atoms with Crippen molar-refractivity contribution < 1.29 is 19.7 Å². The molecule has 0 bridgehead atoms. The van der Waals surface area contributed by atoms with Gasteiger partial charge >= 0.3 is 0 Å². The maximum Gasteiger partial charge on any atom is 0.246 e. The number of fused-ring (bicyclic) bond motifs is 1. The minimum atomic E-state index is -0.956. The fourth-order valence-electron chi connectivity index (χ4n) is 2.41. The first kappa shape index (κ1) is 13.4. The Hall–Kier alpha value is -2.55. The van der Waals surface area contributed by atoms with Crippen LogP contribution in [0.2, 0.25) is 0 Å². The van der Waals surface area contributed by atoms with Crippen LogP contribution in [0.3, 0.4) is 0 Å². The molecular weight excluding hydrogens is 278 g/mol. The van der Waals surface area contributed by atoms with Crippen molar-refractivity contribution in [1.29, 1.82) is 0 Å². The van der Waals surface area contributed by atoms with Crippen LogP contribution < -0.4 is 10.5 Å². The van der Waals surface area contributed by atoms with Gasteiger partial charge in [-0.3, -0.25) is 4.57 Å². The highest BCUT2D eigenvalue weighted by Gasteiger charge is 2.40. The van der Waals surface area contributed by atoms with Gasteiger partial charge in [-0.1, -0.05) is 0 Å². The number of nitrogen functional groups attached to an aromatic ring is 1. The maximum atomic E-state index is 9.83. The van der Waals surface area contributed by atoms with E-state index >= 15 is 0 Å². The van der Waals surface area contributed by atoms with Crippen molar-refractivity contribution in [2.75, 3.05) is 19.5 Å². The minimum Gasteiger partial charge on any atom is -0.508 e. The number of methoxy groups -OCH3 is 1. The molecule has 0 saturated carbocycles. The zero-order chi connectivity index (χ0) is 15.2. The zero-order valence-electron chi connectivity index (χ0n) is 11.6. The van der Waals surface area contributed by atoms with Gasteiger partial charge in [0.25, 0.3) is 0 Å². The molecule has 21 heavy (non-hydrogen) atoms. The molecule has 1 atom stereocenters. The van der Waals surface area contributed by atoms with Crippen LogP contribution in [0.5, 0.6) is 5.88 Å². The first-order valence-electron chi connectivity index (χ1n) is 6.24. The van der Waals surface area contributed by atoms with Gasteiger partial charge in [-0.2, -0.15) is 9.97 Å². The molecule has 3 heterocycles. The third-order valence-electron chi connectivity index (χ3n) is 3.39. The summed E-state index contributed by atoms with van der Waals surface area (Å²) in [5, 5.41) is 19.0. The molecule has 0 radical (unpaired) electrons. The van der Waals surface area contributed by atoms with Crippen molar-refractivity contribution in [3.63, 3.8) is 0 Å². The highest BCUT2D eigenvalue weighted by atomic mass is 16.5. The van der Waals surface area contributed by atoms with Gasteiger partial charge in [0.05, 0.1) is 13.5 Å². The van der Waals surface area contributed by atoms with Crippen LogP contribution in [0, 0.1) is 0 Å². The smallest absolute Gasteiger partial charge is 0.246 e. The molecule has 0 spiro atoms. The molecule has 0 amide bonds. The molecule has 3 rings (SSSR count). The molecule has 0 fully saturated rings. The molecule has 1 aliphatic rings. The molecule has 1 aliphatic heterocycles. The summed E-state index contributed by atoms with van der Waals surface area (Å²) in [6, 6.07) is 0. The van der Waals surface area contributed by atoms with E-state index in [-0.39, 0.29) is 36.4 Å². The van der Waals surface area contributed by atoms with Gasteiger partial charge in [-0.05, 0) is 6.92 Å². The number of aliphatic hydroxyl groups excluding tert-OH is 2. The van der Waals surface area contributed by atoms with E-state index in [2.05, 4.69) is 15.0 Å². The van der Waals surface area contributed by atoms with Crippen LogP contribution in [0.4, 0.5) is 5.95 Å². The summed E-state index contributed by atoms with van der Waals surface area (Å²) in [6.07, 6.45) is 1.69. The average Bonchev–Trinajstić information content (AvgIpc) is 2.99. The Morgan fingerprint density at radius 1 is 1.52 bits per heavy atom. The van der Waals surface area contributed by atoms with E-state index in [0.717, 1.165) is 0 Å². The highest BCUT2D eigenvalue weighted by Crippen LogP contribution is 2.38. The van der Waals surface area contributed by atoms with Crippen LogP contribution in [-0.2, 0) is 10.5 Å². The van der Waals surface area contributed by atoms with Crippen LogP contribution in [0.15, 0.2) is 17.8 Å². The first-order chi connectivity index (χ1) is 9.98. The third-order valence-corrected chi connectivity index (χ3v) is 3.39. The van der Waals surface area contributed by atoms with Crippen molar-refractivity contribution in [2.45, 2.75) is 19.1 Å². The van der Waals surface area contributed by atoms with E-state index in [1.54, 1.807) is 11.5 Å². The van der Waals surface area contributed by atoms with Crippen molar-refractivity contribution in [3.8, 4) is 5.88 Å². The number of hydrogen-bond donors (Lipinski definition) is 3. The number of hydrogen-bond acceptors (Lipinski definition) is 8. The molecule has 9 heteroatoms. The second-order valence-electron chi connectivity index (χ2n) is 4.86. The second-order valence-corrected chi connectivity index (χ2v) is 4.86.